The highest BCUT2D eigenvalue weighted by Crippen LogP contribution is 2.23. The van der Waals surface area contributed by atoms with E-state index < -0.39 is 34.7 Å². The van der Waals surface area contributed by atoms with Crippen molar-refractivity contribution in [2.24, 2.45) is 5.92 Å². The molecule has 0 fully saturated rings. The first-order valence-corrected chi connectivity index (χ1v) is 9.80. The van der Waals surface area contributed by atoms with Crippen molar-refractivity contribution in [3.8, 4) is 0 Å². The van der Waals surface area contributed by atoms with Gasteiger partial charge in [-0.3, -0.25) is 4.79 Å². The molecule has 0 radical (unpaired) electrons. The zero-order valence-electron chi connectivity index (χ0n) is 17.1. The minimum atomic E-state index is -1.52. The molecule has 0 N–H and O–H groups in total. The van der Waals surface area contributed by atoms with Crippen LogP contribution in [0.25, 0.3) is 11.0 Å². The second-order valence-electron chi connectivity index (χ2n) is 7.61. The second-order valence-corrected chi connectivity index (χ2v) is 7.61. The van der Waals surface area contributed by atoms with Crippen LogP contribution in [0.3, 0.4) is 0 Å². The van der Waals surface area contributed by atoms with Crippen molar-refractivity contribution in [3.05, 3.63) is 65.0 Å². The molecule has 30 heavy (non-hydrogen) atoms. The summed E-state index contributed by atoms with van der Waals surface area (Å²) in [5.41, 5.74) is 0.201. The lowest BCUT2D eigenvalue weighted by Gasteiger charge is -2.25. The van der Waals surface area contributed by atoms with Crippen LogP contribution in [0.2, 0.25) is 0 Å². The number of aromatic nitrogens is 2. The SMILES string of the molecule is CCCn1c(CN(CC(C)C)C(=O)c2c(F)ccc(F)c2F)nc2ccc(F)cc21. The Bertz CT molecular complexity index is 1080. The van der Waals surface area contributed by atoms with Gasteiger partial charge in [0.15, 0.2) is 11.6 Å². The van der Waals surface area contributed by atoms with Crippen LogP contribution in [0, 0.1) is 29.2 Å². The Morgan fingerprint density at radius 3 is 2.47 bits per heavy atom. The van der Waals surface area contributed by atoms with E-state index in [1.54, 1.807) is 10.6 Å². The van der Waals surface area contributed by atoms with Gasteiger partial charge in [-0.05, 0) is 42.7 Å². The first-order chi connectivity index (χ1) is 14.2. The Balaban J connectivity index is 2.05. The minimum absolute atomic E-state index is 0.0184. The van der Waals surface area contributed by atoms with Crippen LogP contribution in [0.4, 0.5) is 17.6 Å². The number of nitrogens with zero attached hydrogens (tertiary/aromatic N) is 3. The molecular weight excluding hydrogens is 398 g/mol. The number of benzene rings is 2. The zero-order valence-corrected chi connectivity index (χ0v) is 17.1. The molecule has 3 rings (SSSR count). The van der Waals surface area contributed by atoms with Crippen molar-refractivity contribution >= 4 is 16.9 Å². The van der Waals surface area contributed by atoms with Gasteiger partial charge < -0.3 is 9.47 Å². The molecule has 160 valence electrons. The Kier molecular flexibility index (Phi) is 6.43. The largest absolute Gasteiger partial charge is 0.331 e. The summed E-state index contributed by atoms with van der Waals surface area (Å²) in [5, 5.41) is 0. The number of carbonyl (C=O) groups excluding carboxylic acids is 1. The van der Waals surface area contributed by atoms with Crippen molar-refractivity contribution in [1.29, 1.82) is 0 Å². The maximum Gasteiger partial charge on any atom is 0.260 e. The smallest absolute Gasteiger partial charge is 0.260 e. The van der Waals surface area contributed by atoms with Crippen molar-refractivity contribution in [2.45, 2.75) is 40.3 Å². The highest BCUT2D eigenvalue weighted by Gasteiger charge is 2.27. The van der Waals surface area contributed by atoms with Crippen molar-refractivity contribution < 1.29 is 22.4 Å². The molecule has 0 aliphatic carbocycles. The Labute approximate surface area is 172 Å². The summed E-state index contributed by atoms with van der Waals surface area (Å²) in [6, 6.07) is 5.57. The normalized spacial score (nSPS) is 11.5. The van der Waals surface area contributed by atoms with Crippen LogP contribution < -0.4 is 0 Å². The number of hydrogen-bond donors (Lipinski definition) is 0. The van der Waals surface area contributed by atoms with Crippen molar-refractivity contribution in [1.82, 2.24) is 14.5 Å². The van der Waals surface area contributed by atoms with E-state index in [0.29, 0.717) is 29.5 Å². The average molecular weight is 421 g/mol. The van der Waals surface area contributed by atoms with E-state index >= 15 is 0 Å². The summed E-state index contributed by atoms with van der Waals surface area (Å²) in [6.45, 7) is 6.30. The third-order valence-electron chi connectivity index (χ3n) is 4.70. The third kappa shape index (κ3) is 4.32. The summed E-state index contributed by atoms with van der Waals surface area (Å²) < 4.78 is 57.6. The molecule has 0 unspecified atom stereocenters. The van der Waals surface area contributed by atoms with Gasteiger partial charge in [0.1, 0.15) is 23.0 Å². The van der Waals surface area contributed by atoms with Crippen LogP contribution in [-0.2, 0) is 13.1 Å². The lowest BCUT2D eigenvalue weighted by atomic mass is 10.1. The number of fused-ring (bicyclic) bond motifs is 1. The van der Waals surface area contributed by atoms with Gasteiger partial charge in [-0.15, -0.1) is 0 Å². The molecule has 2 aromatic carbocycles. The van der Waals surface area contributed by atoms with Crippen LogP contribution in [0.15, 0.2) is 30.3 Å². The topological polar surface area (TPSA) is 38.1 Å². The lowest BCUT2D eigenvalue weighted by Crippen LogP contribution is -2.36. The molecule has 3 aromatic rings. The number of hydrogen-bond acceptors (Lipinski definition) is 2. The molecule has 0 bridgehead atoms. The predicted octanol–water partition coefficient (Wildman–Crippen LogP) is 5.30. The van der Waals surface area contributed by atoms with E-state index in [0.717, 1.165) is 12.5 Å². The first kappa shape index (κ1) is 21.8. The third-order valence-corrected chi connectivity index (χ3v) is 4.70. The van der Waals surface area contributed by atoms with Gasteiger partial charge in [-0.25, -0.2) is 22.5 Å². The monoisotopic (exact) mass is 421 g/mol. The standard InChI is InChI=1S/C22H23F4N3O/c1-4-9-29-18-10-14(23)5-8-17(18)27-19(29)12-28(11-13(2)3)22(30)20-15(24)6-7-16(25)21(20)26/h5-8,10,13H,4,9,11-12H2,1-3H3. The number of amides is 1. The maximum absolute atomic E-state index is 14.2. The molecule has 0 spiro atoms. The van der Waals surface area contributed by atoms with Gasteiger partial charge in [-0.2, -0.15) is 0 Å². The summed E-state index contributed by atoms with van der Waals surface area (Å²) in [5.74, 6) is -4.86. The summed E-state index contributed by atoms with van der Waals surface area (Å²) >= 11 is 0. The van der Waals surface area contributed by atoms with Crippen molar-refractivity contribution in [3.63, 3.8) is 0 Å². The van der Waals surface area contributed by atoms with E-state index in [9.17, 15) is 22.4 Å². The molecule has 1 heterocycles. The van der Waals surface area contributed by atoms with E-state index in [2.05, 4.69) is 4.98 Å². The van der Waals surface area contributed by atoms with Gasteiger partial charge in [0.2, 0.25) is 0 Å². The predicted molar refractivity (Wildman–Crippen MR) is 106 cm³/mol. The van der Waals surface area contributed by atoms with Crippen LogP contribution >= 0.6 is 0 Å². The highest BCUT2D eigenvalue weighted by molar-refractivity contribution is 5.94. The quantitative estimate of drug-likeness (QED) is 0.384. The molecule has 0 saturated heterocycles. The Morgan fingerprint density at radius 2 is 1.80 bits per heavy atom. The van der Waals surface area contributed by atoms with Gasteiger partial charge in [0.05, 0.1) is 17.6 Å². The van der Waals surface area contributed by atoms with Crippen LogP contribution in [0.1, 0.15) is 43.4 Å². The average Bonchev–Trinajstić information content (AvgIpc) is 3.01. The van der Waals surface area contributed by atoms with E-state index in [1.807, 2.05) is 20.8 Å². The second kappa shape index (κ2) is 8.85. The Morgan fingerprint density at radius 1 is 1.10 bits per heavy atom. The molecule has 1 amide bonds. The number of aryl methyl sites for hydroxylation is 1. The molecule has 0 saturated carbocycles. The number of halogens is 4. The molecule has 4 nitrogen and oxygen atoms in total. The van der Waals surface area contributed by atoms with Crippen LogP contribution in [-0.4, -0.2) is 26.9 Å². The number of imidazole rings is 1. The molecule has 8 heteroatoms. The lowest BCUT2D eigenvalue weighted by molar-refractivity contribution is 0.0705. The fourth-order valence-corrected chi connectivity index (χ4v) is 3.45. The fraction of sp³-hybridized carbons (Fsp3) is 0.364. The fourth-order valence-electron chi connectivity index (χ4n) is 3.45. The molecule has 0 atom stereocenters. The van der Waals surface area contributed by atoms with E-state index in [4.69, 9.17) is 0 Å². The maximum atomic E-state index is 14.2. The van der Waals surface area contributed by atoms with Gasteiger partial charge in [0.25, 0.3) is 5.91 Å². The minimum Gasteiger partial charge on any atom is -0.331 e. The summed E-state index contributed by atoms with van der Waals surface area (Å²) in [6.07, 6.45) is 0.736. The van der Waals surface area contributed by atoms with Gasteiger partial charge >= 0.3 is 0 Å². The van der Waals surface area contributed by atoms with Crippen LogP contribution in [0.5, 0.6) is 0 Å². The summed E-state index contributed by atoms with van der Waals surface area (Å²) in [4.78, 5) is 18.7. The zero-order chi connectivity index (χ0) is 22.0. The first-order valence-electron chi connectivity index (χ1n) is 9.80. The molecule has 1 aromatic heterocycles. The highest BCUT2D eigenvalue weighted by atomic mass is 19.2. The molecule has 0 aliphatic rings. The molecular formula is C22H23F4N3O. The van der Waals surface area contributed by atoms with E-state index in [1.165, 1.54) is 17.0 Å². The Hall–Kier alpha value is -2.90. The van der Waals surface area contributed by atoms with E-state index in [-0.39, 0.29) is 19.0 Å². The number of carbonyl (C=O) groups is 1. The van der Waals surface area contributed by atoms with Gasteiger partial charge in [-0.1, -0.05) is 20.8 Å². The van der Waals surface area contributed by atoms with Gasteiger partial charge in [0, 0.05) is 13.1 Å². The summed E-state index contributed by atoms with van der Waals surface area (Å²) in [7, 11) is 0. The number of rotatable bonds is 7. The molecule has 0 aliphatic heterocycles. The van der Waals surface area contributed by atoms with Crippen molar-refractivity contribution in [2.75, 3.05) is 6.54 Å².